The SMILES string of the molecule is O=C(N/N=C/c1cc(Cl)ccc1[N+](=O)[O-])c1ccccc1. The lowest BCUT2D eigenvalue weighted by Crippen LogP contribution is -2.17. The Kier molecular flexibility index (Phi) is 4.63. The van der Waals surface area contributed by atoms with Crippen LogP contribution in [-0.2, 0) is 0 Å². The highest BCUT2D eigenvalue weighted by atomic mass is 35.5. The Hall–Kier alpha value is -2.73. The highest BCUT2D eigenvalue weighted by Gasteiger charge is 2.12. The predicted octanol–water partition coefficient (Wildman–Crippen LogP) is 3.01. The summed E-state index contributed by atoms with van der Waals surface area (Å²) < 4.78 is 0. The fraction of sp³-hybridized carbons (Fsp3) is 0. The van der Waals surface area contributed by atoms with Crippen LogP contribution in [0.4, 0.5) is 5.69 Å². The van der Waals surface area contributed by atoms with Crippen molar-refractivity contribution >= 4 is 29.4 Å². The van der Waals surface area contributed by atoms with E-state index in [4.69, 9.17) is 11.6 Å². The first-order chi connectivity index (χ1) is 10.1. The van der Waals surface area contributed by atoms with Crippen molar-refractivity contribution < 1.29 is 9.72 Å². The van der Waals surface area contributed by atoms with E-state index in [1.807, 2.05) is 0 Å². The zero-order valence-corrected chi connectivity index (χ0v) is 11.4. The number of benzene rings is 2. The Morgan fingerprint density at radius 2 is 1.95 bits per heavy atom. The number of nitro benzene ring substituents is 1. The number of hydrazone groups is 1. The van der Waals surface area contributed by atoms with Crippen LogP contribution in [0.1, 0.15) is 15.9 Å². The number of amides is 1. The molecule has 2 aromatic carbocycles. The second-order valence-electron chi connectivity index (χ2n) is 4.03. The van der Waals surface area contributed by atoms with Gasteiger partial charge in [0, 0.05) is 16.7 Å². The summed E-state index contributed by atoms with van der Waals surface area (Å²) in [5.41, 5.74) is 2.81. The first-order valence-electron chi connectivity index (χ1n) is 5.90. The Bertz CT molecular complexity index is 702. The van der Waals surface area contributed by atoms with Gasteiger partial charge < -0.3 is 0 Å². The average Bonchev–Trinajstić information content (AvgIpc) is 2.48. The maximum absolute atomic E-state index is 11.7. The Morgan fingerprint density at radius 1 is 1.24 bits per heavy atom. The van der Waals surface area contributed by atoms with E-state index in [1.165, 1.54) is 24.4 Å². The van der Waals surface area contributed by atoms with Crippen molar-refractivity contribution in [1.29, 1.82) is 0 Å². The van der Waals surface area contributed by atoms with Crippen molar-refractivity contribution in [1.82, 2.24) is 5.43 Å². The molecule has 0 spiro atoms. The maximum atomic E-state index is 11.7. The normalized spacial score (nSPS) is 10.5. The number of rotatable bonds is 4. The molecule has 0 saturated carbocycles. The van der Waals surface area contributed by atoms with Crippen molar-refractivity contribution in [2.75, 3.05) is 0 Å². The van der Waals surface area contributed by atoms with Gasteiger partial charge in [0.15, 0.2) is 0 Å². The molecular formula is C14H10ClN3O3. The molecule has 0 radical (unpaired) electrons. The third-order valence-electron chi connectivity index (χ3n) is 2.59. The molecule has 2 aromatic rings. The molecule has 0 atom stereocenters. The second-order valence-corrected chi connectivity index (χ2v) is 4.46. The van der Waals surface area contributed by atoms with Gasteiger partial charge in [0.1, 0.15) is 0 Å². The van der Waals surface area contributed by atoms with Crippen LogP contribution in [0, 0.1) is 10.1 Å². The number of carbonyl (C=O) groups excluding carboxylic acids is 1. The molecule has 0 fully saturated rings. The number of hydrogen-bond acceptors (Lipinski definition) is 4. The number of nitro groups is 1. The minimum absolute atomic E-state index is 0.142. The van der Waals surface area contributed by atoms with Crippen LogP contribution in [0.25, 0.3) is 0 Å². The van der Waals surface area contributed by atoms with Gasteiger partial charge >= 0.3 is 0 Å². The third kappa shape index (κ3) is 3.87. The Balaban J connectivity index is 2.13. The summed E-state index contributed by atoms with van der Waals surface area (Å²) in [5.74, 6) is -0.406. The van der Waals surface area contributed by atoms with Gasteiger partial charge in [-0.3, -0.25) is 14.9 Å². The molecule has 0 aromatic heterocycles. The van der Waals surface area contributed by atoms with E-state index in [0.717, 1.165) is 0 Å². The molecule has 0 unspecified atom stereocenters. The van der Waals surface area contributed by atoms with Crippen molar-refractivity contribution in [3.05, 3.63) is 74.8 Å². The molecular weight excluding hydrogens is 294 g/mol. The van der Waals surface area contributed by atoms with Crippen LogP contribution in [0.5, 0.6) is 0 Å². The highest BCUT2D eigenvalue weighted by Crippen LogP contribution is 2.20. The van der Waals surface area contributed by atoms with Crippen LogP contribution < -0.4 is 5.43 Å². The molecule has 106 valence electrons. The second kappa shape index (κ2) is 6.62. The van der Waals surface area contributed by atoms with Crippen LogP contribution in [0.15, 0.2) is 53.6 Å². The molecule has 7 heteroatoms. The van der Waals surface area contributed by atoms with Gasteiger partial charge in [-0.25, -0.2) is 5.43 Å². The van der Waals surface area contributed by atoms with Gasteiger partial charge in [0.05, 0.1) is 16.7 Å². The summed E-state index contributed by atoms with van der Waals surface area (Å²) >= 11 is 5.79. The molecule has 0 aliphatic heterocycles. The molecule has 0 aliphatic carbocycles. The lowest BCUT2D eigenvalue weighted by molar-refractivity contribution is -0.385. The largest absolute Gasteiger partial charge is 0.278 e. The summed E-state index contributed by atoms with van der Waals surface area (Å²) in [7, 11) is 0. The van der Waals surface area contributed by atoms with E-state index in [9.17, 15) is 14.9 Å². The smallest absolute Gasteiger partial charge is 0.267 e. The fourth-order valence-corrected chi connectivity index (χ4v) is 1.79. The Morgan fingerprint density at radius 3 is 2.62 bits per heavy atom. The monoisotopic (exact) mass is 303 g/mol. The molecule has 1 N–H and O–H groups in total. The van der Waals surface area contributed by atoms with E-state index in [-0.39, 0.29) is 11.3 Å². The molecule has 2 rings (SSSR count). The molecule has 1 amide bonds. The van der Waals surface area contributed by atoms with Crippen LogP contribution in [0.3, 0.4) is 0 Å². The van der Waals surface area contributed by atoms with E-state index >= 15 is 0 Å². The van der Waals surface area contributed by atoms with E-state index < -0.39 is 10.8 Å². The third-order valence-corrected chi connectivity index (χ3v) is 2.83. The summed E-state index contributed by atoms with van der Waals surface area (Å²) in [4.78, 5) is 22.1. The fourth-order valence-electron chi connectivity index (χ4n) is 1.61. The number of nitrogens with one attached hydrogen (secondary N) is 1. The Labute approximate surface area is 125 Å². The number of nitrogens with zero attached hydrogens (tertiary/aromatic N) is 2. The molecule has 0 saturated heterocycles. The summed E-state index contributed by atoms with van der Waals surface area (Å²) in [6.45, 7) is 0. The maximum Gasteiger partial charge on any atom is 0.278 e. The van der Waals surface area contributed by atoms with Crippen LogP contribution in [0.2, 0.25) is 5.02 Å². The van der Waals surface area contributed by atoms with Gasteiger partial charge in [0.2, 0.25) is 0 Å². The van der Waals surface area contributed by atoms with Crippen molar-refractivity contribution in [2.45, 2.75) is 0 Å². The molecule has 0 heterocycles. The van der Waals surface area contributed by atoms with Gasteiger partial charge in [0.25, 0.3) is 11.6 Å². The van der Waals surface area contributed by atoms with Crippen molar-refractivity contribution in [3.8, 4) is 0 Å². The molecule has 21 heavy (non-hydrogen) atoms. The minimum atomic E-state index is -0.545. The number of hydrogen-bond donors (Lipinski definition) is 1. The zero-order chi connectivity index (χ0) is 15.2. The van der Waals surface area contributed by atoms with Gasteiger partial charge in [-0.1, -0.05) is 29.8 Å². The molecule has 6 nitrogen and oxygen atoms in total. The highest BCUT2D eigenvalue weighted by molar-refractivity contribution is 6.31. The van der Waals surface area contributed by atoms with E-state index in [2.05, 4.69) is 10.5 Å². The zero-order valence-electron chi connectivity index (χ0n) is 10.7. The number of carbonyl (C=O) groups is 1. The molecule has 0 aliphatic rings. The first-order valence-corrected chi connectivity index (χ1v) is 6.28. The summed E-state index contributed by atoms with van der Waals surface area (Å²) in [6.07, 6.45) is 1.19. The number of halogens is 1. The first kappa shape index (κ1) is 14.7. The lowest BCUT2D eigenvalue weighted by atomic mass is 10.2. The van der Waals surface area contributed by atoms with Gasteiger partial charge in [-0.2, -0.15) is 5.10 Å². The minimum Gasteiger partial charge on any atom is -0.267 e. The van der Waals surface area contributed by atoms with Crippen LogP contribution >= 0.6 is 11.6 Å². The summed E-state index contributed by atoms with van der Waals surface area (Å²) in [5, 5.41) is 14.9. The molecule has 0 bridgehead atoms. The van der Waals surface area contributed by atoms with Crippen LogP contribution in [-0.4, -0.2) is 17.0 Å². The standard InChI is InChI=1S/C14H10ClN3O3/c15-12-6-7-13(18(20)21)11(8-12)9-16-17-14(19)10-4-2-1-3-5-10/h1-9H,(H,17,19)/b16-9+. The lowest BCUT2D eigenvalue weighted by Gasteiger charge is -2.00. The van der Waals surface area contributed by atoms with Crippen molar-refractivity contribution in [2.24, 2.45) is 5.10 Å². The predicted molar refractivity (Wildman–Crippen MR) is 79.6 cm³/mol. The van der Waals surface area contributed by atoms with Gasteiger partial charge in [-0.05, 0) is 24.3 Å². The average molecular weight is 304 g/mol. The topological polar surface area (TPSA) is 84.6 Å². The van der Waals surface area contributed by atoms with E-state index in [0.29, 0.717) is 10.6 Å². The van der Waals surface area contributed by atoms with Crippen molar-refractivity contribution in [3.63, 3.8) is 0 Å². The summed E-state index contributed by atoms with van der Waals surface area (Å²) in [6, 6.07) is 12.6. The quantitative estimate of drug-likeness (QED) is 0.535. The van der Waals surface area contributed by atoms with E-state index in [1.54, 1.807) is 30.3 Å². The van der Waals surface area contributed by atoms with Gasteiger partial charge in [-0.15, -0.1) is 0 Å².